The Morgan fingerprint density at radius 2 is 1.59 bits per heavy atom. The van der Waals surface area contributed by atoms with Crippen molar-refractivity contribution in [3.8, 4) is 0 Å². The van der Waals surface area contributed by atoms with Crippen LogP contribution in [0.2, 0.25) is 5.02 Å². The van der Waals surface area contributed by atoms with Crippen LogP contribution in [0.15, 0.2) is 42.5 Å². The summed E-state index contributed by atoms with van der Waals surface area (Å²) in [5.74, 6) is -0.00715. The molecule has 3 aliphatic rings. The van der Waals surface area contributed by atoms with E-state index >= 15 is 4.39 Å². The van der Waals surface area contributed by atoms with Gasteiger partial charge in [-0.1, -0.05) is 55.1 Å². The summed E-state index contributed by atoms with van der Waals surface area (Å²) in [5.41, 5.74) is 2.73. The van der Waals surface area contributed by atoms with Gasteiger partial charge in [-0.3, -0.25) is 4.79 Å². The fourth-order valence-electron chi connectivity index (χ4n) is 5.23. The van der Waals surface area contributed by atoms with E-state index in [1.807, 2.05) is 55.0 Å². The van der Waals surface area contributed by atoms with Crippen molar-refractivity contribution in [2.75, 3.05) is 18.1 Å². The summed E-state index contributed by atoms with van der Waals surface area (Å²) in [7, 11) is 0. The Morgan fingerprint density at radius 1 is 1.03 bits per heavy atom. The van der Waals surface area contributed by atoms with E-state index in [9.17, 15) is 4.79 Å². The Hall–Kier alpha value is -2.57. The van der Waals surface area contributed by atoms with Gasteiger partial charge in [0.05, 0.1) is 5.69 Å². The molecule has 0 aromatic heterocycles. The average molecular weight is 560 g/mol. The monoisotopic (exact) mass is 559 g/mol. The van der Waals surface area contributed by atoms with Gasteiger partial charge in [-0.15, -0.1) is 0 Å². The molecule has 7 heteroatoms. The summed E-state index contributed by atoms with van der Waals surface area (Å²) in [6.45, 7) is 9.14. The van der Waals surface area contributed by atoms with E-state index in [0.29, 0.717) is 5.69 Å². The average Bonchev–Trinajstić information content (AvgIpc) is 3.45. The second-order valence-corrected chi connectivity index (χ2v) is 11.1. The molecule has 3 fully saturated rings. The number of halogens is 2. The number of amides is 1. The van der Waals surface area contributed by atoms with Crippen LogP contribution >= 0.6 is 11.6 Å². The maximum Gasteiger partial charge on any atom is 0.230 e. The predicted molar refractivity (Wildman–Crippen MR) is 156 cm³/mol. The van der Waals surface area contributed by atoms with Gasteiger partial charge in [-0.05, 0) is 94.0 Å². The number of hydrogen-bond donors (Lipinski definition) is 0. The summed E-state index contributed by atoms with van der Waals surface area (Å²) in [6, 6.07) is 13.5. The highest BCUT2D eigenvalue weighted by atomic mass is 35.5. The largest absolute Gasteiger partial charge is 0.381 e. The lowest BCUT2D eigenvalue weighted by Crippen LogP contribution is -2.47. The van der Waals surface area contributed by atoms with E-state index in [-0.39, 0.29) is 29.1 Å². The summed E-state index contributed by atoms with van der Waals surface area (Å²) in [4.78, 5) is 31.7. The van der Waals surface area contributed by atoms with Crippen molar-refractivity contribution in [3.63, 3.8) is 0 Å². The van der Waals surface area contributed by atoms with E-state index in [1.165, 1.54) is 12.5 Å². The normalized spacial score (nSPS) is 18.1. The number of aldehydes is 1. The molecular weight excluding hydrogens is 517 g/mol. The predicted octanol–water partition coefficient (Wildman–Crippen LogP) is 7.64. The number of ether oxygens (including phenoxy) is 1. The van der Waals surface area contributed by atoms with Crippen LogP contribution in [0.5, 0.6) is 0 Å². The van der Waals surface area contributed by atoms with Gasteiger partial charge >= 0.3 is 0 Å². The number of rotatable bonds is 4. The van der Waals surface area contributed by atoms with Crippen LogP contribution in [0.1, 0.15) is 82.8 Å². The van der Waals surface area contributed by atoms with Crippen molar-refractivity contribution in [2.45, 2.75) is 90.0 Å². The van der Waals surface area contributed by atoms with E-state index < -0.39 is 0 Å². The van der Waals surface area contributed by atoms with Gasteiger partial charge in [0.1, 0.15) is 18.9 Å². The maximum atomic E-state index is 15.2. The molecule has 0 spiro atoms. The zero-order valence-corrected chi connectivity index (χ0v) is 24.4. The third-order valence-electron chi connectivity index (χ3n) is 7.89. The molecule has 5 rings (SSSR count). The molecule has 0 radical (unpaired) electrons. The van der Waals surface area contributed by atoms with Crippen molar-refractivity contribution in [3.05, 3.63) is 64.4 Å². The first-order valence-corrected chi connectivity index (χ1v) is 14.3. The minimum atomic E-state index is -0.242. The molecule has 1 saturated heterocycles. The Kier molecular flexibility index (Phi) is 13.8. The quantitative estimate of drug-likeness (QED) is 0.361. The summed E-state index contributed by atoms with van der Waals surface area (Å²) in [5, 5.41) is 0.801. The summed E-state index contributed by atoms with van der Waals surface area (Å²) >= 11 is 5.61. The molecule has 1 amide bonds. The highest BCUT2D eigenvalue weighted by molar-refractivity contribution is 6.30. The van der Waals surface area contributed by atoms with Gasteiger partial charge in [0, 0.05) is 30.2 Å². The standard InChI is InChI=1S/C22H30FNO2.C7H7Cl.C2H4O.CH2O/c1-22(11-13-26-14-12-22)17-9-10-20(19(23)15-17)24(18-7-4-8-18)21(25)16-5-2-3-6-16;1-6-2-4-7(8)5-3-6;1-2-3;1-2/h9-10,15-16,18H,2-8,11-14H2,1H3;2-5H,1H3;2H,1H3;1H2. The molecule has 2 saturated carbocycles. The maximum absolute atomic E-state index is 15.2. The topological polar surface area (TPSA) is 63.7 Å². The van der Waals surface area contributed by atoms with E-state index in [4.69, 9.17) is 25.9 Å². The van der Waals surface area contributed by atoms with Gasteiger partial charge < -0.3 is 19.2 Å². The molecule has 2 aliphatic carbocycles. The fourth-order valence-corrected chi connectivity index (χ4v) is 5.36. The molecule has 39 heavy (non-hydrogen) atoms. The SMILES string of the molecule is C=O.CC1(c2ccc(N(C(=O)C3CCCC3)C3CCC3)c(F)c2)CCOCC1.CC=O.Cc1ccc(Cl)cc1. The van der Waals surface area contributed by atoms with Crippen LogP contribution in [-0.4, -0.2) is 38.2 Å². The Morgan fingerprint density at radius 3 is 2.05 bits per heavy atom. The van der Waals surface area contributed by atoms with Gasteiger partial charge in [0.15, 0.2) is 0 Å². The van der Waals surface area contributed by atoms with Gasteiger partial charge in [-0.2, -0.15) is 0 Å². The second-order valence-electron chi connectivity index (χ2n) is 10.6. The Balaban J connectivity index is 0.000000343. The molecular formula is C32H43ClFNO4. The zero-order valence-electron chi connectivity index (χ0n) is 23.6. The van der Waals surface area contributed by atoms with Gasteiger partial charge in [0.25, 0.3) is 0 Å². The van der Waals surface area contributed by atoms with Crippen molar-refractivity contribution in [1.82, 2.24) is 0 Å². The molecule has 5 nitrogen and oxygen atoms in total. The van der Waals surface area contributed by atoms with Crippen molar-refractivity contribution >= 4 is 36.3 Å². The molecule has 0 N–H and O–H groups in total. The second kappa shape index (κ2) is 16.5. The summed E-state index contributed by atoms with van der Waals surface area (Å²) < 4.78 is 20.6. The minimum Gasteiger partial charge on any atom is -0.381 e. The lowest BCUT2D eigenvalue weighted by Gasteiger charge is -2.40. The van der Waals surface area contributed by atoms with Crippen LogP contribution < -0.4 is 4.90 Å². The van der Waals surface area contributed by atoms with Crippen molar-refractivity contribution in [2.24, 2.45) is 5.92 Å². The number of aryl methyl sites for hydroxylation is 1. The lowest BCUT2D eigenvalue weighted by atomic mass is 9.76. The molecule has 1 aliphatic heterocycles. The molecule has 2 aromatic carbocycles. The Labute approximate surface area is 238 Å². The Bertz CT molecular complexity index is 1010. The molecule has 0 unspecified atom stereocenters. The van der Waals surface area contributed by atoms with Crippen LogP contribution in [-0.2, 0) is 24.5 Å². The highest BCUT2D eigenvalue weighted by Gasteiger charge is 2.37. The first-order chi connectivity index (χ1) is 18.8. The number of nitrogens with zero attached hydrogens (tertiary/aromatic N) is 1. The van der Waals surface area contributed by atoms with E-state index in [1.54, 1.807) is 6.07 Å². The van der Waals surface area contributed by atoms with Crippen LogP contribution in [0.3, 0.4) is 0 Å². The van der Waals surface area contributed by atoms with E-state index in [0.717, 1.165) is 87.9 Å². The number of benzene rings is 2. The van der Waals surface area contributed by atoms with Crippen molar-refractivity contribution < 1.29 is 23.5 Å². The molecule has 214 valence electrons. The molecule has 0 bridgehead atoms. The number of anilines is 1. The van der Waals surface area contributed by atoms with Crippen LogP contribution in [0, 0.1) is 18.7 Å². The van der Waals surface area contributed by atoms with Crippen LogP contribution in [0.25, 0.3) is 0 Å². The first-order valence-electron chi connectivity index (χ1n) is 13.9. The molecule has 1 heterocycles. The number of carbonyl (C=O) groups is 3. The zero-order chi connectivity index (χ0) is 28.8. The molecule has 2 aromatic rings. The minimum absolute atomic E-state index is 0.0334. The number of hydrogen-bond acceptors (Lipinski definition) is 4. The van der Waals surface area contributed by atoms with Gasteiger partial charge in [-0.25, -0.2) is 4.39 Å². The summed E-state index contributed by atoms with van der Waals surface area (Å²) in [6.07, 6.45) is 9.87. The van der Waals surface area contributed by atoms with Crippen molar-refractivity contribution in [1.29, 1.82) is 0 Å². The lowest BCUT2D eigenvalue weighted by molar-refractivity contribution is -0.123. The molecule has 0 atom stereocenters. The fraction of sp³-hybridized carbons (Fsp3) is 0.531. The smallest absolute Gasteiger partial charge is 0.230 e. The highest BCUT2D eigenvalue weighted by Crippen LogP contribution is 2.39. The first kappa shape index (κ1) is 32.6. The van der Waals surface area contributed by atoms with Crippen LogP contribution in [0.4, 0.5) is 10.1 Å². The third-order valence-corrected chi connectivity index (χ3v) is 8.15. The van der Waals surface area contributed by atoms with Gasteiger partial charge in [0.2, 0.25) is 5.91 Å². The van der Waals surface area contributed by atoms with E-state index in [2.05, 4.69) is 6.92 Å². The number of carbonyl (C=O) groups excluding carboxylic acids is 3. The third kappa shape index (κ3) is 9.25.